The Morgan fingerprint density at radius 2 is 1.73 bits per heavy atom. The predicted molar refractivity (Wildman–Crippen MR) is 66.4 cm³/mol. The van der Waals surface area contributed by atoms with Gasteiger partial charge in [0.1, 0.15) is 0 Å². The van der Waals surface area contributed by atoms with Crippen molar-refractivity contribution in [2.75, 3.05) is 20.0 Å². The van der Waals surface area contributed by atoms with Gasteiger partial charge in [0.2, 0.25) is 0 Å². The minimum absolute atomic E-state index is 0.0443. The zero-order chi connectivity index (χ0) is 11.5. The molecule has 84 valence electrons. The van der Waals surface area contributed by atoms with Gasteiger partial charge in [0.15, 0.2) is 11.5 Å². The third kappa shape index (κ3) is 2.59. The second-order valence-electron chi connectivity index (χ2n) is 4.11. The van der Waals surface area contributed by atoms with Crippen molar-refractivity contribution in [3.8, 4) is 11.5 Å². The number of thiol groups is 1. The van der Waals surface area contributed by atoms with E-state index in [1.807, 2.05) is 12.1 Å². The van der Waals surface area contributed by atoms with E-state index in [0.717, 1.165) is 17.3 Å². The van der Waals surface area contributed by atoms with E-state index >= 15 is 0 Å². The molecule has 0 aliphatic heterocycles. The van der Waals surface area contributed by atoms with Gasteiger partial charge in [0.25, 0.3) is 0 Å². The zero-order valence-electron chi connectivity index (χ0n) is 9.70. The number of hydrogen-bond donors (Lipinski definition) is 1. The van der Waals surface area contributed by atoms with Gasteiger partial charge in [-0.05, 0) is 28.9 Å². The highest BCUT2D eigenvalue weighted by Crippen LogP contribution is 2.33. The second-order valence-corrected chi connectivity index (χ2v) is 4.43. The summed E-state index contributed by atoms with van der Waals surface area (Å²) in [6.45, 7) is 4.31. The Hall–Kier alpha value is -0.830. The van der Waals surface area contributed by atoms with E-state index in [-0.39, 0.29) is 5.41 Å². The molecule has 0 aliphatic rings. The molecular formula is C12H18O2S. The summed E-state index contributed by atoms with van der Waals surface area (Å²) in [6.07, 6.45) is 0. The fraction of sp³-hybridized carbons (Fsp3) is 0.500. The van der Waals surface area contributed by atoms with Crippen molar-refractivity contribution in [3.05, 3.63) is 23.8 Å². The Morgan fingerprint density at radius 1 is 1.13 bits per heavy atom. The van der Waals surface area contributed by atoms with E-state index in [2.05, 4.69) is 32.5 Å². The molecule has 0 heterocycles. The quantitative estimate of drug-likeness (QED) is 0.796. The summed E-state index contributed by atoms with van der Waals surface area (Å²) in [7, 11) is 3.29. The van der Waals surface area contributed by atoms with Crippen molar-refractivity contribution in [1.29, 1.82) is 0 Å². The van der Waals surface area contributed by atoms with E-state index in [0.29, 0.717) is 0 Å². The predicted octanol–water partition coefficient (Wildman–Crippen LogP) is 2.91. The van der Waals surface area contributed by atoms with Gasteiger partial charge in [-0.1, -0.05) is 19.9 Å². The van der Waals surface area contributed by atoms with Crippen molar-refractivity contribution in [2.45, 2.75) is 19.3 Å². The highest BCUT2D eigenvalue weighted by Gasteiger charge is 2.20. The van der Waals surface area contributed by atoms with E-state index in [1.54, 1.807) is 14.2 Å². The first-order valence-corrected chi connectivity index (χ1v) is 5.52. The smallest absolute Gasteiger partial charge is 0.161 e. The van der Waals surface area contributed by atoms with Crippen LogP contribution >= 0.6 is 12.6 Å². The summed E-state index contributed by atoms with van der Waals surface area (Å²) in [6, 6.07) is 5.99. The second kappa shape index (κ2) is 4.79. The molecule has 0 spiro atoms. The molecule has 0 radical (unpaired) electrons. The van der Waals surface area contributed by atoms with Gasteiger partial charge in [-0.25, -0.2) is 0 Å². The lowest BCUT2D eigenvalue weighted by atomic mass is 9.86. The van der Waals surface area contributed by atoms with Crippen LogP contribution < -0.4 is 9.47 Å². The molecule has 1 aromatic carbocycles. The van der Waals surface area contributed by atoms with Crippen molar-refractivity contribution >= 4 is 12.6 Å². The largest absolute Gasteiger partial charge is 0.493 e. The molecular weight excluding hydrogens is 208 g/mol. The number of rotatable bonds is 4. The monoisotopic (exact) mass is 226 g/mol. The topological polar surface area (TPSA) is 18.5 Å². The number of benzene rings is 1. The maximum absolute atomic E-state index is 5.27. The first kappa shape index (κ1) is 12.2. The summed E-state index contributed by atoms with van der Waals surface area (Å²) in [5, 5.41) is 0. The van der Waals surface area contributed by atoms with Gasteiger partial charge < -0.3 is 9.47 Å². The van der Waals surface area contributed by atoms with Crippen LogP contribution in [0.5, 0.6) is 11.5 Å². The zero-order valence-corrected chi connectivity index (χ0v) is 10.6. The maximum Gasteiger partial charge on any atom is 0.161 e. The fourth-order valence-corrected chi connectivity index (χ4v) is 1.53. The van der Waals surface area contributed by atoms with Crippen molar-refractivity contribution in [2.24, 2.45) is 0 Å². The van der Waals surface area contributed by atoms with Gasteiger partial charge in [0.05, 0.1) is 14.2 Å². The first-order valence-electron chi connectivity index (χ1n) is 4.88. The van der Waals surface area contributed by atoms with Crippen LogP contribution in [0.3, 0.4) is 0 Å². The Bertz CT molecular complexity index is 334. The van der Waals surface area contributed by atoms with Crippen LogP contribution in [-0.2, 0) is 5.41 Å². The molecule has 0 N–H and O–H groups in total. The van der Waals surface area contributed by atoms with Gasteiger partial charge in [-0.15, -0.1) is 0 Å². The molecule has 0 atom stereocenters. The molecule has 0 fully saturated rings. The summed E-state index contributed by atoms with van der Waals surface area (Å²) in [4.78, 5) is 0. The van der Waals surface area contributed by atoms with Crippen LogP contribution in [0.4, 0.5) is 0 Å². The molecule has 1 aromatic rings. The Labute approximate surface area is 97.0 Å². The third-order valence-corrected chi connectivity index (χ3v) is 3.35. The van der Waals surface area contributed by atoms with Crippen LogP contribution in [0.15, 0.2) is 18.2 Å². The van der Waals surface area contributed by atoms with Gasteiger partial charge in [-0.2, -0.15) is 12.6 Å². The molecule has 0 amide bonds. The number of ether oxygens (including phenoxy) is 2. The van der Waals surface area contributed by atoms with Crippen LogP contribution in [0.25, 0.3) is 0 Å². The molecule has 0 aliphatic carbocycles. The van der Waals surface area contributed by atoms with Crippen LogP contribution in [0.1, 0.15) is 19.4 Å². The minimum Gasteiger partial charge on any atom is -0.493 e. The van der Waals surface area contributed by atoms with E-state index in [1.165, 1.54) is 5.56 Å². The fourth-order valence-electron chi connectivity index (χ4n) is 1.35. The maximum atomic E-state index is 5.27. The molecule has 0 aromatic heterocycles. The normalized spacial score (nSPS) is 11.3. The van der Waals surface area contributed by atoms with Crippen LogP contribution in [0.2, 0.25) is 0 Å². The lowest BCUT2D eigenvalue weighted by Gasteiger charge is -2.23. The van der Waals surface area contributed by atoms with Crippen LogP contribution in [-0.4, -0.2) is 20.0 Å². The van der Waals surface area contributed by atoms with Crippen molar-refractivity contribution in [3.63, 3.8) is 0 Å². The minimum atomic E-state index is 0.0443. The molecule has 0 bridgehead atoms. The summed E-state index contributed by atoms with van der Waals surface area (Å²) in [5.41, 5.74) is 1.25. The van der Waals surface area contributed by atoms with Crippen molar-refractivity contribution < 1.29 is 9.47 Å². The third-order valence-electron chi connectivity index (χ3n) is 2.56. The average molecular weight is 226 g/mol. The SMILES string of the molecule is COc1ccc(C(C)(C)CS)cc1OC. The molecule has 3 heteroatoms. The van der Waals surface area contributed by atoms with Crippen molar-refractivity contribution in [1.82, 2.24) is 0 Å². The van der Waals surface area contributed by atoms with E-state index in [9.17, 15) is 0 Å². The summed E-state index contributed by atoms with van der Waals surface area (Å²) < 4.78 is 10.5. The Kier molecular flexibility index (Phi) is 3.91. The van der Waals surface area contributed by atoms with Gasteiger partial charge in [-0.3, -0.25) is 0 Å². The van der Waals surface area contributed by atoms with E-state index < -0.39 is 0 Å². The Balaban J connectivity index is 3.13. The highest BCUT2D eigenvalue weighted by molar-refractivity contribution is 7.80. The molecule has 1 rings (SSSR count). The molecule has 0 saturated carbocycles. The molecule has 0 saturated heterocycles. The lowest BCUT2D eigenvalue weighted by molar-refractivity contribution is 0.353. The van der Waals surface area contributed by atoms with E-state index in [4.69, 9.17) is 9.47 Å². The Morgan fingerprint density at radius 3 is 2.20 bits per heavy atom. The number of methoxy groups -OCH3 is 2. The summed E-state index contributed by atoms with van der Waals surface area (Å²) >= 11 is 4.35. The van der Waals surface area contributed by atoms with Gasteiger partial charge in [0, 0.05) is 0 Å². The standard InChI is InChI=1S/C12H18O2S/c1-12(2,8-15)9-5-6-10(13-3)11(7-9)14-4/h5-7,15H,8H2,1-4H3. The number of hydrogen-bond acceptors (Lipinski definition) is 3. The average Bonchev–Trinajstić information content (AvgIpc) is 2.28. The van der Waals surface area contributed by atoms with Crippen LogP contribution in [0, 0.1) is 0 Å². The lowest BCUT2D eigenvalue weighted by Crippen LogP contribution is -2.19. The first-order chi connectivity index (χ1) is 7.05. The van der Waals surface area contributed by atoms with Gasteiger partial charge >= 0.3 is 0 Å². The molecule has 2 nitrogen and oxygen atoms in total. The summed E-state index contributed by atoms with van der Waals surface area (Å²) in [5.74, 6) is 2.32. The highest BCUT2D eigenvalue weighted by atomic mass is 32.1. The molecule has 15 heavy (non-hydrogen) atoms. The molecule has 0 unspecified atom stereocenters.